The highest BCUT2D eigenvalue weighted by molar-refractivity contribution is 5.83. The van der Waals surface area contributed by atoms with Crippen LogP contribution in [0.5, 0.6) is 0 Å². The predicted molar refractivity (Wildman–Crippen MR) is 55.0 cm³/mol. The van der Waals surface area contributed by atoms with Crippen molar-refractivity contribution in [2.24, 2.45) is 11.1 Å². The highest BCUT2D eigenvalue weighted by Crippen LogP contribution is 2.17. The number of hydrogen-bond donors (Lipinski definition) is 0. The molecule has 1 rings (SSSR count). The van der Waals surface area contributed by atoms with Crippen molar-refractivity contribution in [2.75, 3.05) is 26.7 Å². The number of oxime groups is 1. The van der Waals surface area contributed by atoms with Crippen molar-refractivity contribution in [3.63, 3.8) is 0 Å². The maximum atomic E-state index is 5.05. The second kappa shape index (κ2) is 5.22. The van der Waals surface area contributed by atoms with Gasteiger partial charge in [-0.05, 0) is 46.8 Å². The molecule has 1 fully saturated rings. The molecule has 0 aliphatic carbocycles. The number of likely N-dealkylation sites (tertiary alicyclic amines) is 1. The topological polar surface area (TPSA) is 24.8 Å². The minimum absolute atomic E-state index is 0.641. The second-order valence-corrected chi connectivity index (χ2v) is 3.73. The number of hydrogen-bond acceptors (Lipinski definition) is 3. The normalized spacial score (nSPS) is 21.9. The molecule has 1 heterocycles. The lowest BCUT2D eigenvalue weighted by molar-refractivity contribution is 0.154. The molecule has 0 N–H and O–H groups in total. The fraction of sp³-hybridized carbons (Fsp3) is 0.900. The molecule has 1 aliphatic heterocycles. The minimum atomic E-state index is 0.641. The first-order valence-electron chi connectivity index (χ1n) is 5.09. The molecule has 1 saturated heterocycles. The molecule has 0 aromatic heterocycles. The molecular weight excluding hydrogens is 164 g/mol. The van der Waals surface area contributed by atoms with E-state index in [0.29, 0.717) is 12.5 Å². The first kappa shape index (κ1) is 10.5. The van der Waals surface area contributed by atoms with Crippen molar-refractivity contribution in [2.45, 2.75) is 26.7 Å². The van der Waals surface area contributed by atoms with Gasteiger partial charge in [0, 0.05) is 5.92 Å². The average Bonchev–Trinajstić information content (AvgIpc) is 2.15. The molecular formula is C10H20N2O. The standard InChI is InChI=1S/C10H20N2O/c1-4-13-11-9(2)10-5-7-12(3)8-6-10/h10H,4-8H2,1-3H3/b11-9+. The summed E-state index contributed by atoms with van der Waals surface area (Å²) in [6.07, 6.45) is 2.44. The predicted octanol–water partition coefficient (Wildman–Crippen LogP) is 1.74. The Morgan fingerprint density at radius 2 is 2.08 bits per heavy atom. The van der Waals surface area contributed by atoms with Crippen LogP contribution < -0.4 is 0 Å². The highest BCUT2D eigenvalue weighted by Gasteiger charge is 2.19. The van der Waals surface area contributed by atoms with E-state index in [1.54, 1.807) is 0 Å². The van der Waals surface area contributed by atoms with Gasteiger partial charge in [-0.25, -0.2) is 0 Å². The Kier molecular flexibility index (Phi) is 4.22. The van der Waals surface area contributed by atoms with Crippen LogP contribution in [-0.4, -0.2) is 37.4 Å². The van der Waals surface area contributed by atoms with E-state index in [4.69, 9.17) is 4.84 Å². The second-order valence-electron chi connectivity index (χ2n) is 3.73. The molecule has 0 radical (unpaired) electrons. The molecule has 0 aromatic rings. The van der Waals surface area contributed by atoms with E-state index in [9.17, 15) is 0 Å². The largest absolute Gasteiger partial charge is 0.396 e. The SMILES string of the molecule is CCO/N=C(\C)C1CCN(C)CC1. The number of nitrogens with zero attached hydrogens (tertiary/aromatic N) is 2. The molecule has 3 nitrogen and oxygen atoms in total. The molecule has 0 bridgehead atoms. The zero-order valence-corrected chi connectivity index (χ0v) is 8.92. The fourth-order valence-electron chi connectivity index (χ4n) is 1.67. The summed E-state index contributed by atoms with van der Waals surface area (Å²) in [4.78, 5) is 7.42. The molecule has 0 amide bonds. The van der Waals surface area contributed by atoms with Gasteiger partial charge in [-0.15, -0.1) is 0 Å². The van der Waals surface area contributed by atoms with Crippen LogP contribution in [0.15, 0.2) is 5.16 Å². The van der Waals surface area contributed by atoms with Gasteiger partial charge in [0.15, 0.2) is 0 Å². The Labute approximate surface area is 80.7 Å². The van der Waals surface area contributed by atoms with Crippen LogP contribution in [-0.2, 0) is 4.84 Å². The van der Waals surface area contributed by atoms with Crippen LogP contribution in [0.1, 0.15) is 26.7 Å². The summed E-state index contributed by atoms with van der Waals surface area (Å²) in [7, 11) is 2.17. The highest BCUT2D eigenvalue weighted by atomic mass is 16.6. The van der Waals surface area contributed by atoms with E-state index in [2.05, 4.69) is 24.0 Å². The van der Waals surface area contributed by atoms with Gasteiger partial charge in [0.05, 0.1) is 5.71 Å². The Morgan fingerprint density at radius 1 is 1.46 bits per heavy atom. The summed E-state index contributed by atoms with van der Waals surface area (Å²) in [5, 5.41) is 4.09. The lowest BCUT2D eigenvalue weighted by Crippen LogP contribution is -2.32. The van der Waals surface area contributed by atoms with E-state index >= 15 is 0 Å². The molecule has 0 atom stereocenters. The van der Waals surface area contributed by atoms with Crippen LogP contribution in [0.4, 0.5) is 0 Å². The zero-order valence-electron chi connectivity index (χ0n) is 8.92. The van der Waals surface area contributed by atoms with Gasteiger partial charge in [-0.1, -0.05) is 5.16 Å². The lowest BCUT2D eigenvalue weighted by Gasteiger charge is -2.28. The van der Waals surface area contributed by atoms with Crippen molar-refractivity contribution < 1.29 is 4.84 Å². The van der Waals surface area contributed by atoms with Crippen molar-refractivity contribution in [1.82, 2.24) is 4.90 Å². The van der Waals surface area contributed by atoms with Crippen molar-refractivity contribution >= 4 is 5.71 Å². The van der Waals surface area contributed by atoms with Crippen LogP contribution in [0.3, 0.4) is 0 Å². The molecule has 0 aromatic carbocycles. The Bertz CT molecular complexity index is 172. The quantitative estimate of drug-likeness (QED) is 0.493. The molecule has 1 aliphatic rings. The van der Waals surface area contributed by atoms with Crippen molar-refractivity contribution in [1.29, 1.82) is 0 Å². The van der Waals surface area contributed by atoms with E-state index in [-0.39, 0.29) is 0 Å². The Morgan fingerprint density at radius 3 is 2.62 bits per heavy atom. The third-order valence-electron chi connectivity index (χ3n) is 2.65. The van der Waals surface area contributed by atoms with Crippen molar-refractivity contribution in [3.8, 4) is 0 Å². The Balaban J connectivity index is 2.35. The van der Waals surface area contributed by atoms with Gasteiger partial charge < -0.3 is 9.74 Å². The molecule has 0 saturated carbocycles. The van der Waals surface area contributed by atoms with E-state index in [1.807, 2.05) is 6.92 Å². The molecule has 13 heavy (non-hydrogen) atoms. The van der Waals surface area contributed by atoms with Crippen LogP contribution in [0.25, 0.3) is 0 Å². The smallest absolute Gasteiger partial charge is 0.114 e. The maximum absolute atomic E-state index is 5.05. The number of piperidine rings is 1. The van der Waals surface area contributed by atoms with Crippen LogP contribution in [0.2, 0.25) is 0 Å². The summed E-state index contributed by atoms with van der Waals surface area (Å²) in [6.45, 7) is 7.08. The van der Waals surface area contributed by atoms with Crippen LogP contribution >= 0.6 is 0 Å². The van der Waals surface area contributed by atoms with E-state index < -0.39 is 0 Å². The van der Waals surface area contributed by atoms with Crippen LogP contribution in [0, 0.1) is 5.92 Å². The molecule has 0 unspecified atom stereocenters. The lowest BCUT2D eigenvalue weighted by atomic mass is 9.93. The van der Waals surface area contributed by atoms with E-state index in [1.165, 1.54) is 25.9 Å². The monoisotopic (exact) mass is 184 g/mol. The van der Waals surface area contributed by atoms with Gasteiger partial charge in [-0.3, -0.25) is 0 Å². The summed E-state index contributed by atoms with van der Waals surface area (Å²) in [6, 6.07) is 0. The average molecular weight is 184 g/mol. The zero-order chi connectivity index (χ0) is 9.68. The van der Waals surface area contributed by atoms with Gasteiger partial charge in [0.2, 0.25) is 0 Å². The van der Waals surface area contributed by atoms with E-state index in [0.717, 1.165) is 5.71 Å². The summed E-state index contributed by atoms with van der Waals surface area (Å²) in [5.41, 5.74) is 1.16. The van der Waals surface area contributed by atoms with Gasteiger partial charge >= 0.3 is 0 Å². The summed E-state index contributed by atoms with van der Waals surface area (Å²) in [5.74, 6) is 0.641. The third kappa shape index (κ3) is 3.35. The molecule has 76 valence electrons. The first-order chi connectivity index (χ1) is 6.24. The first-order valence-corrected chi connectivity index (χ1v) is 5.09. The van der Waals surface area contributed by atoms with Crippen molar-refractivity contribution in [3.05, 3.63) is 0 Å². The molecule has 0 spiro atoms. The molecule has 3 heteroatoms. The van der Waals surface area contributed by atoms with Gasteiger partial charge in [-0.2, -0.15) is 0 Å². The maximum Gasteiger partial charge on any atom is 0.114 e. The third-order valence-corrected chi connectivity index (χ3v) is 2.65. The number of rotatable bonds is 3. The van der Waals surface area contributed by atoms with Gasteiger partial charge in [0.1, 0.15) is 6.61 Å². The summed E-state index contributed by atoms with van der Waals surface area (Å²) < 4.78 is 0. The fourth-order valence-corrected chi connectivity index (χ4v) is 1.67. The Hall–Kier alpha value is -0.570. The minimum Gasteiger partial charge on any atom is -0.396 e. The summed E-state index contributed by atoms with van der Waals surface area (Å²) >= 11 is 0. The van der Waals surface area contributed by atoms with Gasteiger partial charge in [0.25, 0.3) is 0 Å².